The fourth-order valence-corrected chi connectivity index (χ4v) is 3.25. The molecule has 6 heteroatoms. The van der Waals surface area contributed by atoms with Gasteiger partial charge in [0.05, 0.1) is 23.7 Å². The number of fused-ring (bicyclic) bond motifs is 3. The summed E-state index contributed by atoms with van der Waals surface area (Å²) in [6.45, 7) is -8.67. The zero-order valence-corrected chi connectivity index (χ0v) is 16.9. The molecular weight excluding hydrogens is 380 g/mol. The van der Waals surface area contributed by atoms with Crippen LogP contribution in [-0.2, 0) is 16.0 Å². The number of methoxy groups -OCH3 is 2. The van der Waals surface area contributed by atoms with Gasteiger partial charge < -0.3 is 19.9 Å². The Morgan fingerprint density at radius 3 is 2.87 bits per heavy atom. The van der Waals surface area contributed by atoms with Gasteiger partial charge in [0.15, 0.2) is 11.5 Å². The number of hydrogen-bond acceptors (Lipinski definition) is 6. The second-order valence-electron chi connectivity index (χ2n) is 7.27. The van der Waals surface area contributed by atoms with E-state index in [2.05, 4.69) is 0 Å². The van der Waals surface area contributed by atoms with Gasteiger partial charge in [-0.15, -0.1) is 0 Å². The maximum Gasteiger partial charge on any atom is 0.323 e. The lowest BCUT2D eigenvalue weighted by atomic mass is 9.79. The predicted molar refractivity (Wildman–Crippen MR) is 118 cm³/mol. The number of piperidine rings is 1. The van der Waals surface area contributed by atoms with Gasteiger partial charge in [0, 0.05) is 47.8 Å². The highest BCUT2D eigenvalue weighted by atomic mass is 16.5. The Labute approximate surface area is 207 Å². The number of nitrogens with two attached hydrogens (primary N) is 1. The second kappa shape index (κ2) is 9.56. The van der Waals surface area contributed by atoms with E-state index in [-0.39, 0.29) is 12.0 Å². The quantitative estimate of drug-likeness (QED) is 0.658. The fraction of sp³-hybridized carbons (Fsp3) is 0.708. The summed E-state index contributed by atoms with van der Waals surface area (Å²) in [5.41, 5.74) is 4.62. The van der Waals surface area contributed by atoms with Crippen molar-refractivity contribution < 1.29 is 45.0 Å². The van der Waals surface area contributed by atoms with Crippen molar-refractivity contribution in [2.45, 2.75) is 64.9 Å². The first-order chi connectivity index (χ1) is 21.6. The predicted octanol–water partition coefficient (Wildman–Crippen LogP) is 3.56. The molecule has 0 spiro atoms. The zero-order valence-electron chi connectivity index (χ0n) is 35.9. The van der Waals surface area contributed by atoms with Crippen LogP contribution in [-0.4, -0.2) is 50.2 Å². The van der Waals surface area contributed by atoms with Crippen molar-refractivity contribution in [3.05, 3.63) is 23.2 Å². The van der Waals surface area contributed by atoms with E-state index in [9.17, 15) is 13.0 Å². The molecule has 168 valence electrons. The molecule has 0 radical (unpaired) electrons. The van der Waals surface area contributed by atoms with Gasteiger partial charge in [0.25, 0.3) is 0 Å². The first kappa shape index (κ1) is 8.62. The van der Waals surface area contributed by atoms with Crippen molar-refractivity contribution in [2.75, 3.05) is 27.2 Å². The molecule has 2 aliphatic heterocycles. The molecule has 1 aromatic carbocycles. The molecule has 1 saturated heterocycles. The summed E-state index contributed by atoms with van der Waals surface area (Å²) in [6, 6.07) is -8.93. The molecule has 0 bridgehead atoms. The van der Waals surface area contributed by atoms with Gasteiger partial charge in [0.1, 0.15) is 12.1 Å². The van der Waals surface area contributed by atoms with Crippen molar-refractivity contribution in [3.8, 4) is 11.5 Å². The summed E-state index contributed by atoms with van der Waals surface area (Å²) in [4.78, 5) is 14.3. The maximum absolute atomic E-state index is 13.7. The average Bonchev–Trinajstić information content (AvgIpc) is 2.90. The van der Waals surface area contributed by atoms with Gasteiger partial charge in [-0.05, 0) is 47.9 Å². The van der Waals surface area contributed by atoms with Crippen LogP contribution in [0, 0.1) is 17.7 Å². The summed E-state index contributed by atoms with van der Waals surface area (Å²) in [6.07, 6.45) is -7.36. The van der Waals surface area contributed by atoms with E-state index < -0.39 is 118 Å². The van der Waals surface area contributed by atoms with Crippen LogP contribution in [0.5, 0.6) is 11.5 Å². The molecule has 2 aliphatic rings. The smallest absolute Gasteiger partial charge is 0.323 e. The Morgan fingerprint density at radius 1 is 1.43 bits per heavy atom. The maximum atomic E-state index is 13.7. The van der Waals surface area contributed by atoms with Gasteiger partial charge in [-0.25, -0.2) is 0 Å². The van der Waals surface area contributed by atoms with Crippen molar-refractivity contribution >= 4 is 5.97 Å². The van der Waals surface area contributed by atoms with Crippen LogP contribution in [0.4, 0.5) is 0 Å². The molecule has 0 aliphatic carbocycles. The number of ether oxygens (including phenoxy) is 3. The number of esters is 1. The Bertz CT molecular complexity index is 1460. The minimum absolute atomic E-state index is 0.263. The van der Waals surface area contributed by atoms with E-state index >= 15 is 0 Å². The molecule has 3 unspecified atom stereocenters. The molecule has 0 saturated carbocycles. The van der Waals surface area contributed by atoms with E-state index in [1.807, 2.05) is 0 Å². The lowest BCUT2D eigenvalue weighted by Gasteiger charge is -2.47. The molecule has 0 aromatic heterocycles. The van der Waals surface area contributed by atoms with Gasteiger partial charge in [-0.1, -0.05) is 27.6 Å². The monoisotopic (exact) mass is 437 g/mol. The minimum atomic E-state index is -4.11. The van der Waals surface area contributed by atoms with Crippen LogP contribution < -0.4 is 15.2 Å². The highest BCUT2D eigenvalue weighted by Gasteiger charge is 2.41. The second-order valence-corrected chi connectivity index (χ2v) is 7.27. The third-order valence-electron chi connectivity index (χ3n) is 4.61. The largest absolute Gasteiger partial charge is 0.493 e. The third-order valence-corrected chi connectivity index (χ3v) is 4.61. The van der Waals surface area contributed by atoms with Crippen molar-refractivity contribution in [1.29, 1.82) is 0 Å². The van der Waals surface area contributed by atoms with Crippen LogP contribution in [0.15, 0.2) is 12.1 Å². The van der Waals surface area contributed by atoms with E-state index in [1.54, 1.807) is 0 Å². The first-order valence-corrected chi connectivity index (χ1v) is 9.31. The fourth-order valence-electron chi connectivity index (χ4n) is 3.25. The molecule has 1 fully saturated rings. The van der Waals surface area contributed by atoms with Gasteiger partial charge >= 0.3 is 5.97 Å². The molecule has 0 amide bonds. The highest BCUT2D eigenvalue weighted by Crippen LogP contribution is 2.44. The van der Waals surface area contributed by atoms with Crippen molar-refractivity contribution in [2.24, 2.45) is 23.4 Å². The van der Waals surface area contributed by atoms with E-state index in [0.717, 1.165) is 7.11 Å². The summed E-state index contributed by atoms with van der Waals surface area (Å²) in [5.74, 6) is -11.5. The number of nitrogens with zero attached hydrogens (tertiary/aromatic N) is 1. The molecule has 30 heavy (non-hydrogen) atoms. The number of carbonyl (C=O) groups is 1. The average molecular weight is 438 g/mol. The van der Waals surface area contributed by atoms with Crippen LogP contribution in [0.3, 0.4) is 0 Å². The third kappa shape index (κ3) is 4.75. The summed E-state index contributed by atoms with van der Waals surface area (Å²) in [5, 5.41) is 0. The number of benzene rings is 1. The number of carbonyl (C=O) groups excluding carboxylic acids is 1. The lowest BCUT2D eigenvalue weighted by molar-refractivity contribution is -0.160. The molecule has 1 aromatic rings. The lowest BCUT2D eigenvalue weighted by Crippen LogP contribution is -2.51. The number of rotatable bonds is 7. The van der Waals surface area contributed by atoms with Gasteiger partial charge in [-0.3, -0.25) is 9.69 Å². The molecule has 2 heterocycles. The Kier molecular flexibility index (Phi) is 2.75. The molecule has 3 rings (SSSR count). The normalized spacial score (nSPS) is 45.1. The van der Waals surface area contributed by atoms with Crippen molar-refractivity contribution in [1.82, 2.24) is 4.90 Å². The number of hydrogen-bond donors (Lipinski definition) is 1. The van der Waals surface area contributed by atoms with Gasteiger partial charge in [-0.2, -0.15) is 0 Å². The summed E-state index contributed by atoms with van der Waals surface area (Å²) < 4.78 is 174. The van der Waals surface area contributed by atoms with E-state index in [1.165, 1.54) is 13.8 Å². The molecular formula is C24H38N2O4. The highest BCUT2D eigenvalue weighted by molar-refractivity contribution is 5.76. The molecule has 6 nitrogen and oxygen atoms in total. The Balaban J connectivity index is 2.45. The Hall–Kier alpha value is -1.79. The van der Waals surface area contributed by atoms with Crippen LogP contribution >= 0.6 is 0 Å². The summed E-state index contributed by atoms with van der Waals surface area (Å²) in [7, 11) is -2.22. The van der Waals surface area contributed by atoms with E-state index in [0.29, 0.717) is 4.90 Å². The van der Waals surface area contributed by atoms with Crippen LogP contribution in [0.2, 0.25) is 0 Å². The summed E-state index contributed by atoms with van der Waals surface area (Å²) >= 11 is 0. The topological polar surface area (TPSA) is 74.0 Å². The van der Waals surface area contributed by atoms with Gasteiger partial charge in [0.2, 0.25) is 0 Å². The van der Waals surface area contributed by atoms with Crippen molar-refractivity contribution in [3.63, 3.8) is 0 Å². The van der Waals surface area contributed by atoms with Crippen LogP contribution in [0.25, 0.3) is 0 Å². The standard InChI is InChI=1S/C24H38N2O4/c1-14(2)9-17-13-26-8-7-16-10-21(28-5)22(29-6)11-18(16)19(26)12-20(17)30-24(27)23(25)15(3)4/h10-11,14-15,17,19-20,23H,7-9,12-13,25H2,1-6H3/t17?,19?,20?,23-/m0/s1/i3D3,4D3,6D3,10D,11D,12D2,13D2,15D,17D,19D,23D. The SMILES string of the molecule is [2H]c1c2c(c([2H])c(OC([2H])([2H])[2H])c1OC)C1([2H])N(CC2)C([2H])([2H])C([2H])(CC(C)C)C(OC(=O)[C@@]([2H])(N)C([2H])(C([2H])([2H])[2H])C([2H])([2H])[2H])C1([2H])[2H]. The minimum Gasteiger partial charge on any atom is -0.493 e. The zero-order chi connectivity index (χ0) is 38.5. The van der Waals surface area contributed by atoms with Crippen LogP contribution in [0.1, 0.15) is 83.5 Å². The first-order valence-electron chi connectivity index (χ1n) is 18.8. The Morgan fingerprint density at radius 2 is 2.20 bits per heavy atom. The molecule has 2 N–H and O–H groups in total. The molecule has 4 atom stereocenters. The van der Waals surface area contributed by atoms with E-state index in [4.69, 9.17) is 37.8 Å².